The molecule has 0 radical (unpaired) electrons. The monoisotopic (exact) mass is 173 g/mol. The van der Waals surface area contributed by atoms with Crippen LogP contribution in [0.25, 0.3) is 0 Å². The molecule has 1 atom stereocenters. The van der Waals surface area contributed by atoms with Crippen LogP contribution in [0.4, 0.5) is 0 Å². The second-order valence-electron chi connectivity index (χ2n) is 2.84. The van der Waals surface area contributed by atoms with Gasteiger partial charge in [-0.1, -0.05) is 0 Å². The van der Waals surface area contributed by atoms with Gasteiger partial charge in [0.2, 0.25) is 0 Å². The summed E-state index contributed by atoms with van der Waals surface area (Å²) < 4.78 is 5.13. The van der Waals surface area contributed by atoms with E-state index in [0.717, 1.165) is 17.7 Å². The topological polar surface area (TPSA) is 39.2 Å². The maximum Gasteiger partial charge on any atom is 0.196 e. The van der Waals surface area contributed by atoms with E-state index >= 15 is 0 Å². The molecule has 2 N–H and O–H groups in total. The van der Waals surface area contributed by atoms with Crippen LogP contribution in [0.5, 0.6) is 0 Å². The minimum atomic E-state index is 0.129. The first-order chi connectivity index (χ1) is 5.09. The molecule has 0 amide bonds. The summed E-state index contributed by atoms with van der Waals surface area (Å²) in [4.78, 5) is 0. The van der Waals surface area contributed by atoms with Gasteiger partial charge in [-0.05, 0) is 37.9 Å². The number of aryl methyl sites for hydroxylation is 1. The van der Waals surface area contributed by atoms with Crippen molar-refractivity contribution in [2.75, 3.05) is 0 Å². The van der Waals surface area contributed by atoms with Crippen LogP contribution in [0.1, 0.15) is 18.2 Å². The highest BCUT2D eigenvalue weighted by Crippen LogP contribution is 2.21. The van der Waals surface area contributed by atoms with Crippen LogP contribution in [0.3, 0.4) is 0 Å². The standard InChI is InChI=1S/C8H12ClNO/c1-5(10)3-7-4-6(2)11-8(7)9/h4-5H,3,10H2,1-2H3. The summed E-state index contributed by atoms with van der Waals surface area (Å²) in [7, 11) is 0. The molecule has 3 heteroatoms. The van der Waals surface area contributed by atoms with Gasteiger partial charge >= 0.3 is 0 Å². The number of furan rings is 1. The number of nitrogens with two attached hydrogens (primary N) is 1. The Labute approximate surface area is 71.3 Å². The third-order valence-corrected chi connectivity index (χ3v) is 1.74. The highest BCUT2D eigenvalue weighted by molar-refractivity contribution is 6.29. The van der Waals surface area contributed by atoms with Crippen molar-refractivity contribution in [1.29, 1.82) is 0 Å². The lowest BCUT2D eigenvalue weighted by molar-refractivity contribution is 0.532. The maximum absolute atomic E-state index is 5.77. The van der Waals surface area contributed by atoms with Crippen molar-refractivity contribution in [3.8, 4) is 0 Å². The molecule has 0 aliphatic rings. The summed E-state index contributed by atoms with van der Waals surface area (Å²) in [5.74, 6) is 0.839. The summed E-state index contributed by atoms with van der Waals surface area (Å²) in [5, 5.41) is 0.472. The van der Waals surface area contributed by atoms with Gasteiger partial charge in [-0.25, -0.2) is 0 Å². The van der Waals surface area contributed by atoms with E-state index in [1.165, 1.54) is 0 Å². The summed E-state index contributed by atoms with van der Waals surface area (Å²) in [5.41, 5.74) is 6.60. The van der Waals surface area contributed by atoms with E-state index in [0.29, 0.717) is 5.22 Å². The van der Waals surface area contributed by atoms with Gasteiger partial charge in [0.1, 0.15) is 5.76 Å². The molecule has 0 aromatic carbocycles. The highest BCUT2D eigenvalue weighted by Gasteiger charge is 2.07. The molecule has 0 bridgehead atoms. The van der Waals surface area contributed by atoms with Gasteiger partial charge in [-0.2, -0.15) is 0 Å². The first-order valence-corrected chi connectivity index (χ1v) is 3.98. The Morgan fingerprint density at radius 1 is 1.73 bits per heavy atom. The minimum Gasteiger partial charge on any atom is -0.450 e. The van der Waals surface area contributed by atoms with Gasteiger partial charge in [0, 0.05) is 11.6 Å². The van der Waals surface area contributed by atoms with E-state index in [2.05, 4.69) is 0 Å². The molecule has 1 aromatic rings. The molecule has 11 heavy (non-hydrogen) atoms. The summed E-state index contributed by atoms with van der Waals surface area (Å²) in [6, 6.07) is 2.05. The predicted molar refractivity (Wildman–Crippen MR) is 45.8 cm³/mol. The molecule has 0 saturated carbocycles. The first kappa shape index (κ1) is 8.62. The summed E-state index contributed by atoms with van der Waals surface area (Å²) in [6.07, 6.45) is 0.774. The lowest BCUT2D eigenvalue weighted by Crippen LogP contribution is -2.17. The van der Waals surface area contributed by atoms with Gasteiger partial charge in [-0.15, -0.1) is 0 Å². The first-order valence-electron chi connectivity index (χ1n) is 3.60. The fourth-order valence-electron chi connectivity index (χ4n) is 1.02. The third-order valence-electron chi connectivity index (χ3n) is 1.42. The van der Waals surface area contributed by atoms with Crippen LogP contribution in [0.15, 0.2) is 10.5 Å². The van der Waals surface area contributed by atoms with Gasteiger partial charge < -0.3 is 10.2 Å². The molecule has 1 aromatic heterocycles. The maximum atomic E-state index is 5.77. The lowest BCUT2D eigenvalue weighted by Gasteiger charge is -2.00. The zero-order valence-electron chi connectivity index (χ0n) is 6.73. The Bertz CT molecular complexity index is 242. The van der Waals surface area contributed by atoms with Crippen LogP contribution in [-0.2, 0) is 6.42 Å². The number of rotatable bonds is 2. The molecule has 1 rings (SSSR count). The Morgan fingerprint density at radius 3 is 2.73 bits per heavy atom. The van der Waals surface area contributed by atoms with Crippen molar-refractivity contribution in [2.45, 2.75) is 26.3 Å². The zero-order chi connectivity index (χ0) is 8.43. The van der Waals surface area contributed by atoms with Crippen LogP contribution in [0, 0.1) is 6.92 Å². The van der Waals surface area contributed by atoms with Crippen molar-refractivity contribution in [1.82, 2.24) is 0 Å². The second kappa shape index (κ2) is 3.28. The van der Waals surface area contributed by atoms with E-state index in [4.69, 9.17) is 21.8 Å². The smallest absolute Gasteiger partial charge is 0.196 e. The van der Waals surface area contributed by atoms with Crippen molar-refractivity contribution in [3.05, 3.63) is 22.6 Å². The van der Waals surface area contributed by atoms with Crippen molar-refractivity contribution >= 4 is 11.6 Å². The Hall–Kier alpha value is -0.470. The van der Waals surface area contributed by atoms with E-state index in [-0.39, 0.29) is 6.04 Å². The van der Waals surface area contributed by atoms with Crippen LogP contribution in [-0.4, -0.2) is 6.04 Å². The Kier molecular flexibility index (Phi) is 2.58. The molecule has 1 heterocycles. The molecule has 0 spiro atoms. The third kappa shape index (κ3) is 2.24. The van der Waals surface area contributed by atoms with Gasteiger partial charge in [0.05, 0.1) is 0 Å². The van der Waals surface area contributed by atoms with Crippen molar-refractivity contribution in [3.63, 3.8) is 0 Å². The normalized spacial score (nSPS) is 13.5. The highest BCUT2D eigenvalue weighted by atomic mass is 35.5. The quantitative estimate of drug-likeness (QED) is 0.744. The Morgan fingerprint density at radius 2 is 2.36 bits per heavy atom. The Balaban J connectivity index is 2.77. The van der Waals surface area contributed by atoms with E-state index < -0.39 is 0 Å². The molecule has 0 saturated heterocycles. The van der Waals surface area contributed by atoms with Crippen molar-refractivity contribution < 1.29 is 4.42 Å². The summed E-state index contributed by atoms with van der Waals surface area (Å²) >= 11 is 5.77. The average molecular weight is 174 g/mol. The van der Waals surface area contributed by atoms with Crippen LogP contribution >= 0.6 is 11.6 Å². The van der Waals surface area contributed by atoms with Gasteiger partial charge in [0.25, 0.3) is 0 Å². The summed E-state index contributed by atoms with van der Waals surface area (Å²) in [6.45, 7) is 3.81. The molecular formula is C8H12ClNO. The lowest BCUT2D eigenvalue weighted by atomic mass is 10.1. The van der Waals surface area contributed by atoms with E-state index in [9.17, 15) is 0 Å². The van der Waals surface area contributed by atoms with E-state index in [1.54, 1.807) is 0 Å². The largest absolute Gasteiger partial charge is 0.450 e. The molecule has 0 fully saturated rings. The molecule has 62 valence electrons. The molecule has 1 unspecified atom stereocenters. The number of hydrogen-bond donors (Lipinski definition) is 1. The van der Waals surface area contributed by atoms with Crippen molar-refractivity contribution in [2.24, 2.45) is 5.73 Å². The zero-order valence-corrected chi connectivity index (χ0v) is 7.48. The number of hydrogen-bond acceptors (Lipinski definition) is 2. The fourth-order valence-corrected chi connectivity index (χ4v) is 1.28. The van der Waals surface area contributed by atoms with Crippen LogP contribution in [0.2, 0.25) is 5.22 Å². The molecule has 0 aliphatic heterocycles. The number of halogens is 1. The molecular weight excluding hydrogens is 162 g/mol. The molecule has 2 nitrogen and oxygen atoms in total. The molecule has 0 aliphatic carbocycles. The van der Waals surface area contributed by atoms with Gasteiger partial charge in [-0.3, -0.25) is 0 Å². The SMILES string of the molecule is Cc1cc(CC(C)N)c(Cl)o1. The van der Waals surface area contributed by atoms with Gasteiger partial charge in [0.15, 0.2) is 5.22 Å². The second-order valence-corrected chi connectivity index (χ2v) is 3.18. The van der Waals surface area contributed by atoms with E-state index in [1.807, 2.05) is 19.9 Å². The van der Waals surface area contributed by atoms with Crippen LogP contribution < -0.4 is 5.73 Å². The predicted octanol–water partition coefficient (Wildman–Crippen LogP) is 2.13. The minimum absolute atomic E-state index is 0.129. The fraction of sp³-hybridized carbons (Fsp3) is 0.500. The average Bonchev–Trinajstić information content (AvgIpc) is 2.09.